The molecule has 2 amide bonds. The highest BCUT2D eigenvalue weighted by molar-refractivity contribution is 7.13. The monoisotopic (exact) mass is 460 g/mol. The first-order chi connectivity index (χ1) is 16.1. The largest absolute Gasteiger partial charge is 0.456 e. The van der Waals surface area contributed by atoms with E-state index in [2.05, 4.69) is 9.97 Å². The maximum atomic E-state index is 13.6. The number of nitrogens with zero attached hydrogens (tertiary/aromatic N) is 4. The van der Waals surface area contributed by atoms with E-state index >= 15 is 0 Å². The summed E-state index contributed by atoms with van der Waals surface area (Å²) in [6, 6.07) is 12.5. The molecule has 8 nitrogen and oxygen atoms in total. The van der Waals surface area contributed by atoms with Crippen LogP contribution in [0.2, 0.25) is 0 Å². The number of rotatable bonds is 5. The Morgan fingerprint density at radius 2 is 1.97 bits per heavy atom. The molecular formula is C24H20N4O4S. The Morgan fingerprint density at radius 3 is 2.76 bits per heavy atom. The van der Waals surface area contributed by atoms with Crippen molar-refractivity contribution in [3.05, 3.63) is 65.3 Å². The maximum absolute atomic E-state index is 13.6. The van der Waals surface area contributed by atoms with Gasteiger partial charge in [0.05, 0.1) is 22.6 Å². The van der Waals surface area contributed by atoms with E-state index in [9.17, 15) is 14.4 Å². The molecule has 2 aromatic heterocycles. The van der Waals surface area contributed by atoms with Gasteiger partial charge in [-0.3, -0.25) is 19.5 Å². The highest BCUT2D eigenvalue weighted by atomic mass is 32.1. The number of anilines is 1. The Bertz CT molecular complexity index is 1270. The average Bonchev–Trinajstić information content (AvgIpc) is 3.45. The zero-order valence-corrected chi connectivity index (χ0v) is 18.5. The summed E-state index contributed by atoms with van der Waals surface area (Å²) in [6.45, 7) is -0.0414. The van der Waals surface area contributed by atoms with E-state index in [0.717, 1.165) is 23.5 Å². The van der Waals surface area contributed by atoms with E-state index in [1.165, 1.54) is 16.2 Å². The highest BCUT2D eigenvalue weighted by Gasteiger charge is 2.64. The molecule has 1 aromatic carbocycles. The van der Waals surface area contributed by atoms with Crippen LogP contribution in [0.5, 0.6) is 0 Å². The Balaban J connectivity index is 1.32. The lowest BCUT2D eigenvalue weighted by Gasteiger charge is -2.48. The molecule has 0 spiro atoms. The van der Waals surface area contributed by atoms with Crippen LogP contribution >= 0.6 is 11.3 Å². The summed E-state index contributed by atoms with van der Waals surface area (Å²) in [5, 5.41) is 2.56. The van der Waals surface area contributed by atoms with E-state index in [0.29, 0.717) is 16.9 Å². The van der Waals surface area contributed by atoms with Crippen LogP contribution in [0, 0.1) is 0 Å². The van der Waals surface area contributed by atoms with Gasteiger partial charge in [0, 0.05) is 30.5 Å². The summed E-state index contributed by atoms with van der Waals surface area (Å²) in [5.41, 5.74) is 0.832. The highest BCUT2D eigenvalue weighted by Crippen LogP contribution is 2.49. The van der Waals surface area contributed by atoms with Crippen LogP contribution < -0.4 is 4.90 Å². The number of hydrogen-bond acceptors (Lipinski definition) is 7. The normalized spacial score (nSPS) is 21.7. The van der Waals surface area contributed by atoms with Crippen molar-refractivity contribution in [2.45, 2.75) is 44.0 Å². The van der Waals surface area contributed by atoms with Crippen molar-refractivity contribution in [1.82, 2.24) is 14.9 Å². The van der Waals surface area contributed by atoms with Gasteiger partial charge < -0.3 is 9.64 Å². The fourth-order valence-corrected chi connectivity index (χ4v) is 5.53. The van der Waals surface area contributed by atoms with Gasteiger partial charge in [-0.15, -0.1) is 11.3 Å². The second-order valence-electron chi connectivity index (χ2n) is 8.40. The number of aromatic nitrogens is 2. The van der Waals surface area contributed by atoms with Gasteiger partial charge in [0.2, 0.25) is 11.6 Å². The third kappa shape index (κ3) is 3.06. The fraction of sp³-hybridized carbons (Fsp3) is 0.292. The number of thiazole rings is 1. The Labute approximate surface area is 193 Å². The van der Waals surface area contributed by atoms with Crippen LogP contribution in [-0.4, -0.2) is 44.4 Å². The number of carbonyl (C=O) groups is 3. The zero-order valence-electron chi connectivity index (χ0n) is 17.6. The molecule has 1 saturated carbocycles. The van der Waals surface area contributed by atoms with Crippen LogP contribution in [-0.2, 0) is 20.9 Å². The molecule has 0 N–H and O–H groups in total. The van der Waals surface area contributed by atoms with Crippen molar-refractivity contribution < 1.29 is 19.1 Å². The Kier molecular flexibility index (Phi) is 4.55. The molecule has 166 valence electrons. The third-order valence-electron chi connectivity index (χ3n) is 6.33. The molecule has 3 aliphatic rings. The van der Waals surface area contributed by atoms with Gasteiger partial charge >= 0.3 is 5.97 Å². The summed E-state index contributed by atoms with van der Waals surface area (Å²) < 4.78 is 5.74. The van der Waals surface area contributed by atoms with Crippen molar-refractivity contribution in [1.29, 1.82) is 0 Å². The number of ether oxygens (including phenoxy) is 1. The Hall–Kier alpha value is -3.59. The van der Waals surface area contributed by atoms with Gasteiger partial charge in [0.1, 0.15) is 11.6 Å². The molecule has 1 unspecified atom stereocenters. The molecule has 0 bridgehead atoms. The number of para-hydroxylation sites is 1. The summed E-state index contributed by atoms with van der Waals surface area (Å²) in [4.78, 5) is 52.0. The predicted octanol–water partition coefficient (Wildman–Crippen LogP) is 3.39. The first kappa shape index (κ1) is 20.0. The molecule has 3 aromatic rings. The molecule has 1 saturated heterocycles. The number of esters is 1. The number of amides is 2. The molecular weight excluding hydrogens is 440 g/mol. The molecule has 2 aliphatic heterocycles. The molecule has 2 fully saturated rings. The van der Waals surface area contributed by atoms with E-state index in [4.69, 9.17) is 4.74 Å². The molecule has 4 heterocycles. The number of pyridine rings is 1. The van der Waals surface area contributed by atoms with Crippen LogP contribution in [0.3, 0.4) is 0 Å². The number of hydrogen-bond donors (Lipinski definition) is 0. The van der Waals surface area contributed by atoms with Gasteiger partial charge in [-0.05, 0) is 37.1 Å². The summed E-state index contributed by atoms with van der Waals surface area (Å²) >= 11 is 1.42. The van der Waals surface area contributed by atoms with Crippen LogP contribution in [0.1, 0.15) is 41.7 Å². The lowest BCUT2D eigenvalue weighted by atomic mass is 9.96. The molecule has 6 rings (SSSR count). The molecule has 1 atom stereocenters. The van der Waals surface area contributed by atoms with Crippen molar-refractivity contribution >= 4 is 34.8 Å². The van der Waals surface area contributed by atoms with Crippen LogP contribution in [0.25, 0.3) is 10.7 Å². The van der Waals surface area contributed by atoms with Gasteiger partial charge in [0.25, 0.3) is 5.91 Å². The topological polar surface area (TPSA) is 92.7 Å². The van der Waals surface area contributed by atoms with Crippen LogP contribution in [0.15, 0.2) is 54.0 Å². The van der Waals surface area contributed by atoms with Gasteiger partial charge in [-0.2, -0.15) is 0 Å². The van der Waals surface area contributed by atoms with Crippen molar-refractivity contribution in [2.24, 2.45) is 0 Å². The van der Waals surface area contributed by atoms with Gasteiger partial charge in [-0.25, -0.2) is 9.78 Å². The minimum absolute atomic E-state index is 0.0414. The van der Waals surface area contributed by atoms with Crippen LogP contribution in [0.4, 0.5) is 5.69 Å². The summed E-state index contributed by atoms with van der Waals surface area (Å²) in [6.07, 6.45) is 3.72. The second-order valence-corrected chi connectivity index (χ2v) is 9.26. The smallest absolute Gasteiger partial charge is 0.354 e. The minimum atomic E-state index is -1.44. The Morgan fingerprint density at radius 1 is 1.15 bits per heavy atom. The van der Waals surface area contributed by atoms with Gasteiger partial charge in [-0.1, -0.05) is 18.2 Å². The zero-order chi connectivity index (χ0) is 22.6. The van der Waals surface area contributed by atoms with Crippen molar-refractivity contribution in [2.75, 3.05) is 4.90 Å². The van der Waals surface area contributed by atoms with E-state index in [-0.39, 0.29) is 37.3 Å². The average molecular weight is 461 g/mol. The standard InChI is InChI=1S/C24H20N4O4S/c29-20-10-11-24(23(31)32-13-15-14-33-21(26-15)18-6-3-4-12-25-18)27(16-8-9-16)22(30)17-5-1-2-7-19(17)28(20)24/h1-7,12,14,16H,8-11,13H2. The van der Waals surface area contributed by atoms with Crippen molar-refractivity contribution in [3.8, 4) is 10.7 Å². The van der Waals surface area contributed by atoms with E-state index in [1.807, 2.05) is 23.6 Å². The molecule has 9 heteroatoms. The predicted molar refractivity (Wildman–Crippen MR) is 120 cm³/mol. The molecule has 1 aliphatic carbocycles. The number of carbonyl (C=O) groups excluding carboxylic acids is 3. The minimum Gasteiger partial charge on any atom is -0.456 e. The fourth-order valence-electron chi connectivity index (χ4n) is 4.75. The van der Waals surface area contributed by atoms with E-state index < -0.39 is 11.6 Å². The summed E-state index contributed by atoms with van der Waals surface area (Å²) in [7, 11) is 0. The quantitative estimate of drug-likeness (QED) is 0.542. The number of benzene rings is 1. The summed E-state index contributed by atoms with van der Waals surface area (Å²) in [5.74, 6) is -0.985. The number of fused-ring (bicyclic) bond motifs is 3. The third-order valence-corrected chi connectivity index (χ3v) is 7.24. The van der Waals surface area contributed by atoms with Crippen molar-refractivity contribution in [3.63, 3.8) is 0 Å². The molecule has 33 heavy (non-hydrogen) atoms. The SMILES string of the molecule is O=C1CCC2(C(=O)OCc3csc(-c4ccccn4)n3)N1c1ccccc1C(=O)N2C1CC1. The second kappa shape index (κ2) is 7.48. The van der Waals surface area contributed by atoms with E-state index in [1.54, 1.807) is 35.4 Å². The molecule has 0 radical (unpaired) electrons. The maximum Gasteiger partial charge on any atom is 0.354 e. The first-order valence-electron chi connectivity index (χ1n) is 10.9. The first-order valence-corrected chi connectivity index (χ1v) is 11.8. The van der Waals surface area contributed by atoms with Gasteiger partial charge in [0.15, 0.2) is 0 Å². The lowest BCUT2D eigenvalue weighted by Crippen LogP contribution is -2.69. The lowest BCUT2D eigenvalue weighted by molar-refractivity contribution is -0.159.